The molecule has 2 heterocycles. The highest BCUT2D eigenvalue weighted by Crippen LogP contribution is 2.24. The van der Waals surface area contributed by atoms with Gasteiger partial charge in [0.25, 0.3) is 0 Å². The summed E-state index contributed by atoms with van der Waals surface area (Å²) in [5.41, 5.74) is 2.26. The van der Waals surface area contributed by atoms with Gasteiger partial charge in [0.1, 0.15) is 5.82 Å². The molecule has 2 aromatic carbocycles. The second kappa shape index (κ2) is 8.02. The molecule has 1 aliphatic rings. The Bertz CT molecular complexity index is 955. The number of carbonyl (C=O) groups is 1. The number of aromatic nitrogens is 2. The maximum Gasteiger partial charge on any atom is 0.224 e. The van der Waals surface area contributed by atoms with Gasteiger partial charge in [-0.3, -0.25) is 9.89 Å². The molecule has 0 bridgehead atoms. The zero-order chi connectivity index (χ0) is 19.5. The first-order valence-corrected chi connectivity index (χ1v) is 9.56. The van der Waals surface area contributed by atoms with E-state index < -0.39 is 5.82 Å². The Labute approximate surface area is 167 Å². The quantitative estimate of drug-likeness (QED) is 0.687. The SMILES string of the molecule is O=C(Cc1c(F)cccc1Cl)NC1CCN(c2cc(-c3ccccc3)[nH]n2)C1. The molecule has 0 radical (unpaired) electrons. The third-order valence-electron chi connectivity index (χ3n) is 4.93. The summed E-state index contributed by atoms with van der Waals surface area (Å²) >= 11 is 6.01. The summed E-state index contributed by atoms with van der Waals surface area (Å²) in [6, 6.07) is 16.4. The molecule has 5 nitrogen and oxygen atoms in total. The van der Waals surface area contributed by atoms with E-state index >= 15 is 0 Å². The third kappa shape index (κ3) is 4.02. The molecule has 4 rings (SSSR count). The first-order valence-electron chi connectivity index (χ1n) is 9.18. The Morgan fingerprint density at radius 3 is 2.86 bits per heavy atom. The van der Waals surface area contributed by atoms with Crippen molar-refractivity contribution in [2.75, 3.05) is 18.0 Å². The van der Waals surface area contributed by atoms with Crippen molar-refractivity contribution in [3.05, 3.63) is 71.0 Å². The number of H-pyrrole nitrogens is 1. The molecule has 1 unspecified atom stereocenters. The summed E-state index contributed by atoms with van der Waals surface area (Å²) in [5, 5.41) is 10.7. The van der Waals surface area contributed by atoms with Crippen LogP contribution in [0.5, 0.6) is 0 Å². The Hall–Kier alpha value is -2.86. The minimum absolute atomic E-state index is 0.00470. The van der Waals surface area contributed by atoms with Crippen molar-refractivity contribution in [2.45, 2.75) is 18.9 Å². The van der Waals surface area contributed by atoms with Crippen molar-refractivity contribution >= 4 is 23.3 Å². The average Bonchev–Trinajstić information content (AvgIpc) is 3.35. The smallest absolute Gasteiger partial charge is 0.224 e. The first-order chi connectivity index (χ1) is 13.6. The molecule has 0 spiro atoms. The van der Waals surface area contributed by atoms with Crippen molar-refractivity contribution in [1.29, 1.82) is 0 Å². The van der Waals surface area contributed by atoms with Crippen molar-refractivity contribution in [2.24, 2.45) is 0 Å². The molecular weight excluding hydrogens is 379 g/mol. The molecular formula is C21H20ClFN4O. The molecule has 2 N–H and O–H groups in total. The van der Waals surface area contributed by atoms with Crippen molar-refractivity contribution in [3.8, 4) is 11.3 Å². The summed E-state index contributed by atoms with van der Waals surface area (Å²) in [6.45, 7) is 1.46. The highest BCUT2D eigenvalue weighted by atomic mass is 35.5. The van der Waals surface area contributed by atoms with E-state index in [4.69, 9.17) is 11.6 Å². The monoisotopic (exact) mass is 398 g/mol. The maximum atomic E-state index is 13.9. The van der Waals surface area contributed by atoms with Crippen LogP contribution in [0.15, 0.2) is 54.6 Å². The Balaban J connectivity index is 1.36. The molecule has 1 aliphatic heterocycles. The molecule has 0 saturated carbocycles. The minimum atomic E-state index is -0.458. The summed E-state index contributed by atoms with van der Waals surface area (Å²) in [6.07, 6.45) is 0.743. The molecule has 1 atom stereocenters. The fourth-order valence-electron chi connectivity index (χ4n) is 3.47. The van der Waals surface area contributed by atoms with Crippen LogP contribution < -0.4 is 10.2 Å². The fourth-order valence-corrected chi connectivity index (χ4v) is 3.70. The van der Waals surface area contributed by atoms with Crippen LogP contribution in [0.2, 0.25) is 5.02 Å². The fraction of sp³-hybridized carbons (Fsp3) is 0.238. The van der Waals surface area contributed by atoms with E-state index in [-0.39, 0.29) is 29.0 Å². The minimum Gasteiger partial charge on any atom is -0.353 e. The predicted octanol–water partition coefficient (Wildman–Crippen LogP) is 3.81. The van der Waals surface area contributed by atoms with Gasteiger partial charge in [0.05, 0.1) is 12.1 Å². The van der Waals surface area contributed by atoms with Crippen LogP contribution >= 0.6 is 11.6 Å². The number of benzene rings is 2. The number of carbonyl (C=O) groups excluding carboxylic acids is 1. The van der Waals surface area contributed by atoms with Gasteiger partial charge in [-0.05, 0) is 24.1 Å². The number of hydrogen-bond donors (Lipinski definition) is 2. The molecule has 28 heavy (non-hydrogen) atoms. The number of aromatic amines is 1. The third-order valence-corrected chi connectivity index (χ3v) is 5.28. The van der Waals surface area contributed by atoms with Gasteiger partial charge in [0.15, 0.2) is 5.82 Å². The van der Waals surface area contributed by atoms with Gasteiger partial charge >= 0.3 is 0 Å². The van der Waals surface area contributed by atoms with Crippen LogP contribution in [0.25, 0.3) is 11.3 Å². The van der Waals surface area contributed by atoms with Crippen LogP contribution in [0.4, 0.5) is 10.2 Å². The second-order valence-corrected chi connectivity index (χ2v) is 7.29. The molecule has 3 aromatic rings. The average molecular weight is 399 g/mol. The van der Waals surface area contributed by atoms with Gasteiger partial charge in [0.2, 0.25) is 5.91 Å². The van der Waals surface area contributed by atoms with Crippen molar-refractivity contribution < 1.29 is 9.18 Å². The molecule has 7 heteroatoms. The van der Waals surface area contributed by atoms with Crippen molar-refractivity contribution in [3.63, 3.8) is 0 Å². The Morgan fingerprint density at radius 2 is 2.07 bits per heavy atom. The van der Waals surface area contributed by atoms with Crippen LogP contribution in [0.1, 0.15) is 12.0 Å². The molecule has 1 fully saturated rings. The van der Waals surface area contributed by atoms with Gasteiger partial charge in [-0.2, -0.15) is 5.10 Å². The largest absolute Gasteiger partial charge is 0.353 e. The van der Waals surface area contributed by atoms with E-state index in [0.717, 1.165) is 30.0 Å². The highest BCUT2D eigenvalue weighted by Gasteiger charge is 2.26. The number of anilines is 1. The van der Waals surface area contributed by atoms with Gasteiger partial charge in [-0.1, -0.05) is 48.0 Å². The highest BCUT2D eigenvalue weighted by molar-refractivity contribution is 6.31. The van der Waals surface area contributed by atoms with Crippen LogP contribution in [-0.4, -0.2) is 35.2 Å². The number of hydrogen-bond acceptors (Lipinski definition) is 3. The lowest BCUT2D eigenvalue weighted by molar-refractivity contribution is -0.121. The zero-order valence-electron chi connectivity index (χ0n) is 15.2. The second-order valence-electron chi connectivity index (χ2n) is 6.88. The molecule has 1 saturated heterocycles. The summed E-state index contributed by atoms with van der Waals surface area (Å²) in [7, 11) is 0. The van der Waals surface area contributed by atoms with Gasteiger partial charge in [-0.25, -0.2) is 4.39 Å². The first kappa shape index (κ1) is 18.5. The lowest BCUT2D eigenvalue weighted by Crippen LogP contribution is -2.38. The standard InChI is InChI=1S/C21H20ClFN4O/c22-17-7-4-8-18(23)16(17)11-21(28)24-15-9-10-27(13-15)20-12-19(25-26-20)14-5-2-1-3-6-14/h1-8,12,15H,9-11,13H2,(H,24,28)(H,25,26). The van der Waals surface area contributed by atoms with Crippen LogP contribution in [0, 0.1) is 5.82 Å². The van der Waals surface area contributed by atoms with E-state index in [1.165, 1.54) is 12.1 Å². The summed E-state index contributed by atoms with van der Waals surface area (Å²) in [5.74, 6) is 0.166. The molecule has 1 amide bonds. The van der Waals surface area contributed by atoms with Crippen LogP contribution in [0.3, 0.4) is 0 Å². The van der Waals surface area contributed by atoms with Crippen molar-refractivity contribution in [1.82, 2.24) is 15.5 Å². The summed E-state index contributed by atoms with van der Waals surface area (Å²) < 4.78 is 13.9. The van der Waals surface area contributed by atoms with E-state index in [1.54, 1.807) is 6.07 Å². The van der Waals surface area contributed by atoms with Gasteiger partial charge in [0, 0.05) is 35.8 Å². The number of rotatable bonds is 5. The predicted molar refractivity (Wildman–Crippen MR) is 108 cm³/mol. The number of nitrogens with one attached hydrogen (secondary N) is 2. The normalized spacial score (nSPS) is 16.4. The molecule has 144 valence electrons. The Kier molecular flexibility index (Phi) is 5.30. The van der Waals surface area contributed by atoms with E-state index in [2.05, 4.69) is 20.4 Å². The van der Waals surface area contributed by atoms with Crippen LogP contribution in [-0.2, 0) is 11.2 Å². The topological polar surface area (TPSA) is 61.0 Å². The maximum absolute atomic E-state index is 13.9. The summed E-state index contributed by atoms with van der Waals surface area (Å²) in [4.78, 5) is 14.5. The molecule has 0 aliphatic carbocycles. The van der Waals surface area contributed by atoms with E-state index in [9.17, 15) is 9.18 Å². The number of halogens is 2. The number of amides is 1. The van der Waals surface area contributed by atoms with E-state index in [1.807, 2.05) is 36.4 Å². The lowest BCUT2D eigenvalue weighted by Gasteiger charge is -2.16. The van der Waals surface area contributed by atoms with E-state index in [0.29, 0.717) is 6.54 Å². The Morgan fingerprint density at radius 1 is 1.25 bits per heavy atom. The number of nitrogens with zero attached hydrogens (tertiary/aromatic N) is 2. The zero-order valence-corrected chi connectivity index (χ0v) is 15.9. The molecule has 1 aromatic heterocycles. The lowest BCUT2D eigenvalue weighted by atomic mass is 10.1. The van der Waals surface area contributed by atoms with Gasteiger partial charge < -0.3 is 10.2 Å². The van der Waals surface area contributed by atoms with Gasteiger partial charge in [-0.15, -0.1) is 0 Å².